The normalized spacial score (nSPS) is 12.2. The van der Waals surface area contributed by atoms with Crippen molar-refractivity contribution >= 4 is 5.91 Å². The fourth-order valence-electron chi connectivity index (χ4n) is 2.42. The number of hydrogen-bond donors (Lipinski definition) is 2. The number of fused-ring (bicyclic) bond motifs is 1. The Balaban J connectivity index is 1.34. The lowest BCUT2D eigenvalue weighted by Crippen LogP contribution is -2.34. The average molecular weight is 312 g/mol. The van der Waals surface area contributed by atoms with Crippen LogP contribution in [0.1, 0.15) is 11.1 Å². The van der Waals surface area contributed by atoms with Gasteiger partial charge in [-0.05, 0) is 29.7 Å². The third-order valence-corrected chi connectivity index (χ3v) is 3.63. The predicted molar refractivity (Wildman–Crippen MR) is 87.4 cm³/mol. The number of hydrogen-bond acceptors (Lipinski definition) is 4. The second-order valence-electron chi connectivity index (χ2n) is 5.38. The van der Waals surface area contributed by atoms with Crippen LogP contribution in [0.2, 0.25) is 0 Å². The molecule has 23 heavy (non-hydrogen) atoms. The monoisotopic (exact) mass is 312 g/mol. The standard InChI is InChI=1S/C18H20N2O3/c21-18(20-9-8-14-4-2-1-3-5-14)12-19-11-15-6-7-16-17(10-15)23-13-22-16/h1-7,10,19H,8-9,11-13H2,(H,20,21). The molecule has 0 bridgehead atoms. The van der Waals surface area contributed by atoms with Gasteiger partial charge in [0.25, 0.3) is 0 Å². The quantitative estimate of drug-likeness (QED) is 0.819. The Kier molecular flexibility index (Phi) is 5.11. The molecule has 2 N–H and O–H groups in total. The highest BCUT2D eigenvalue weighted by Gasteiger charge is 2.12. The van der Waals surface area contributed by atoms with Crippen molar-refractivity contribution < 1.29 is 14.3 Å². The van der Waals surface area contributed by atoms with E-state index in [1.807, 2.05) is 36.4 Å². The first kappa shape index (κ1) is 15.4. The van der Waals surface area contributed by atoms with Crippen LogP contribution in [0.4, 0.5) is 0 Å². The summed E-state index contributed by atoms with van der Waals surface area (Å²) < 4.78 is 10.6. The molecule has 0 unspecified atom stereocenters. The zero-order valence-electron chi connectivity index (χ0n) is 12.9. The summed E-state index contributed by atoms with van der Waals surface area (Å²) in [5.41, 5.74) is 2.28. The minimum Gasteiger partial charge on any atom is -0.454 e. The smallest absolute Gasteiger partial charge is 0.233 e. The lowest BCUT2D eigenvalue weighted by molar-refractivity contribution is -0.120. The first-order chi connectivity index (χ1) is 11.3. The molecule has 0 spiro atoms. The Morgan fingerprint density at radius 1 is 1.00 bits per heavy atom. The summed E-state index contributed by atoms with van der Waals surface area (Å²) in [6.45, 7) is 1.83. The Morgan fingerprint density at radius 2 is 1.83 bits per heavy atom. The second-order valence-corrected chi connectivity index (χ2v) is 5.38. The highest BCUT2D eigenvalue weighted by Crippen LogP contribution is 2.32. The number of rotatable bonds is 7. The molecule has 120 valence electrons. The molecular weight excluding hydrogens is 292 g/mol. The topological polar surface area (TPSA) is 59.6 Å². The number of amides is 1. The molecule has 1 heterocycles. The van der Waals surface area contributed by atoms with Gasteiger partial charge in [-0.15, -0.1) is 0 Å². The van der Waals surface area contributed by atoms with E-state index in [9.17, 15) is 4.79 Å². The van der Waals surface area contributed by atoms with E-state index in [0.29, 0.717) is 19.6 Å². The third-order valence-electron chi connectivity index (χ3n) is 3.63. The molecular formula is C18H20N2O3. The van der Waals surface area contributed by atoms with Crippen molar-refractivity contribution in [1.29, 1.82) is 0 Å². The van der Waals surface area contributed by atoms with Gasteiger partial charge in [0, 0.05) is 13.1 Å². The van der Waals surface area contributed by atoms with Gasteiger partial charge in [0.1, 0.15) is 0 Å². The van der Waals surface area contributed by atoms with Crippen LogP contribution in [0.25, 0.3) is 0 Å². The zero-order chi connectivity index (χ0) is 15.9. The molecule has 2 aromatic rings. The molecule has 1 amide bonds. The Labute approximate surface area is 135 Å². The molecule has 0 saturated heterocycles. The number of nitrogens with one attached hydrogen (secondary N) is 2. The van der Waals surface area contributed by atoms with E-state index < -0.39 is 0 Å². The average Bonchev–Trinajstić information content (AvgIpc) is 3.03. The van der Waals surface area contributed by atoms with Crippen molar-refractivity contribution in [2.75, 3.05) is 19.9 Å². The number of ether oxygens (including phenoxy) is 2. The van der Waals surface area contributed by atoms with Gasteiger partial charge < -0.3 is 20.1 Å². The van der Waals surface area contributed by atoms with Gasteiger partial charge in [-0.1, -0.05) is 36.4 Å². The van der Waals surface area contributed by atoms with Crippen molar-refractivity contribution in [2.45, 2.75) is 13.0 Å². The summed E-state index contributed by atoms with van der Waals surface area (Å²) >= 11 is 0. The maximum atomic E-state index is 11.8. The molecule has 0 radical (unpaired) electrons. The van der Waals surface area contributed by atoms with Crippen LogP contribution in [0, 0.1) is 0 Å². The summed E-state index contributed by atoms with van der Waals surface area (Å²) in [6, 6.07) is 15.9. The minimum absolute atomic E-state index is 0.00155. The lowest BCUT2D eigenvalue weighted by atomic mass is 10.1. The van der Waals surface area contributed by atoms with Crippen LogP contribution in [-0.4, -0.2) is 25.8 Å². The third kappa shape index (κ3) is 4.47. The van der Waals surface area contributed by atoms with Crippen molar-refractivity contribution in [3.63, 3.8) is 0 Å². The van der Waals surface area contributed by atoms with Gasteiger partial charge in [0.2, 0.25) is 12.7 Å². The summed E-state index contributed by atoms with van der Waals surface area (Å²) in [7, 11) is 0. The Hall–Kier alpha value is -2.53. The Morgan fingerprint density at radius 3 is 2.70 bits per heavy atom. The molecule has 0 saturated carbocycles. The molecule has 2 aromatic carbocycles. The first-order valence-electron chi connectivity index (χ1n) is 7.71. The molecule has 5 nitrogen and oxygen atoms in total. The molecule has 0 aromatic heterocycles. The number of carbonyl (C=O) groups excluding carboxylic acids is 1. The summed E-state index contributed by atoms with van der Waals surface area (Å²) in [5, 5.41) is 6.05. The van der Waals surface area contributed by atoms with Crippen LogP contribution in [0.5, 0.6) is 11.5 Å². The van der Waals surface area contributed by atoms with Gasteiger partial charge in [0.15, 0.2) is 11.5 Å². The minimum atomic E-state index is 0.00155. The van der Waals surface area contributed by atoms with Crippen LogP contribution in [-0.2, 0) is 17.8 Å². The lowest BCUT2D eigenvalue weighted by Gasteiger charge is -2.07. The van der Waals surface area contributed by atoms with E-state index in [1.54, 1.807) is 0 Å². The van der Waals surface area contributed by atoms with E-state index >= 15 is 0 Å². The van der Waals surface area contributed by atoms with E-state index in [1.165, 1.54) is 5.56 Å². The summed E-state index contributed by atoms with van der Waals surface area (Å²) in [6.07, 6.45) is 0.842. The molecule has 0 aliphatic carbocycles. The van der Waals surface area contributed by atoms with Crippen molar-refractivity contribution in [1.82, 2.24) is 10.6 Å². The van der Waals surface area contributed by atoms with Crippen molar-refractivity contribution in [3.8, 4) is 11.5 Å². The largest absolute Gasteiger partial charge is 0.454 e. The molecule has 0 fully saturated rings. The summed E-state index contributed by atoms with van der Waals surface area (Å²) in [4.78, 5) is 11.8. The first-order valence-corrected chi connectivity index (χ1v) is 7.71. The highest BCUT2D eigenvalue weighted by molar-refractivity contribution is 5.77. The fourth-order valence-corrected chi connectivity index (χ4v) is 2.42. The van der Waals surface area contributed by atoms with Gasteiger partial charge >= 0.3 is 0 Å². The van der Waals surface area contributed by atoms with Gasteiger partial charge in [-0.2, -0.15) is 0 Å². The maximum absolute atomic E-state index is 11.8. The molecule has 0 atom stereocenters. The molecule has 1 aliphatic heterocycles. The summed E-state index contributed by atoms with van der Waals surface area (Å²) in [5.74, 6) is 1.53. The highest BCUT2D eigenvalue weighted by atomic mass is 16.7. The van der Waals surface area contributed by atoms with Crippen molar-refractivity contribution in [3.05, 3.63) is 59.7 Å². The van der Waals surface area contributed by atoms with Gasteiger partial charge in [0.05, 0.1) is 6.54 Å². The van der Waals surface area contributed by atoms with Crippen LogP contribution < -0.4 is 20.1 Å². The van der Waals surface area contributed by atoms with Crippen LogP contribution in [0.3, 0.4) is 0 Å². The zero-order valence-corrected chi connectivity index (χ0v) is 12.9. The van der Waals surface area contributed by atoms with E-state index in [4.69, 9.17) is 9.47 Å². The maximum Gasteiger partial charge on any atom is 0.233 e. The van der Waals surface area contributed by atoms with Gasteiger partial charge in [-0.25, -0.2) is 0 Å². The second kappa shape index (κ2) is 7.65. The van der Waals surface area contributed by atoms with E-state index in [2.05, 4.69) is 22.8 Å². The van der Waals surface area contributed by atoms with Crippen LogP contribution >= 0.6 is 0 Å². The molecule has 1 aliphatic rings. The molecule has 5 heteroatoms. The van der Waals surface area contributed by atoms with E-state index in [-0.39, 0.29) is 12.7 Å². The van der Waals surface area contributed by atoms with E-state index in [0.717, 1.165) is 23.5 Å². The Bertz CT molecular complexity index is 659. The predicted octanol–water partition coefficient (Wildman–Crippen LogP) is 1.86. The van der Waals surface area contributed by atoms with Crippen molar-refractivity contribution in [2.24, 2.45) is 0 Å². The fraction of sp³-hybridized carbons (Fsp3) is 0.278. The van der Waals surface area contributed by atoms with Crippen LogP contribution in [0.15, 0.2) is 48.5 Å². The number of benzene rings is 2. The number of carbonyl (C=O) groups is 1. The SMILES string of the molecule is O=C(CNCc1ccc2c(c1)OCO2)NCCc1ccccc1. The van der Waals surface area contributed by atoms with Gasteiger partial charge in [-0.3, -0.25) is 4.79 Å². The molecule has 3 rings (SSSR count).